The summed E-state index contributed by atoms with van der Waals surface area (Å²) in [5.74, 6) is -1.55. The Morgan fingerprint density at radius 2 is 1.94 bits per heavy atom. The van der Waals surface area contributed by atoms with E-state index >= 15 is 0 Å². The van der Waals surface area contributed by atoms with Crippen molar-refractivity contribution in [2.75, 3.05) is 5.32 Å². The van der Waals surface area contributed by atoms with Crippen LogP contribution in [0.2, 0.25) is 0 Å². The Morgan fingerprint density at radius 3 is 2.72 bits per heavy atom. The molecule has 100 valence electrons. The number of benzene rings is 1. The first-order chi connectivity index (χ1) is 8.48. The van der Waals surface area contributed by atoms with Crippen LogP contribution in [0.25, 0.3) is 0 Å². The Kier molecular flexibility index (Phi) is 3.88. The van der Waals surface area contributed by atoms with Gasteiger partial charge in [-0.1, -0.05) is 26.3 Å². The number of nitrogens with one attached hydrogen (secondary N) is 1. The maximum atomic E-state index is 13.6. The first kappa shape index (κ1) is 13.3. The van der Waals surface area contributed by atoms with E-state index in [0.29, 0.717) is 11.1 Å². The summed E-state index contributed by atoms with van der Waals surface area (Å²) in [7, 11) is 0. The van der Waals surface area contributed by atoms with Crippen LogP contribution in [0.1, 0.15) is 46.0 Å². The van der Waals surface area contributed by atoms with Gasteiger partial charge in [-0.2, -0.15) is 0 Å². The highest BCUT2D eigenvalue weighted by Gasteiger charge is 2.24. The van der Waals surface area contributed by atoms with Crippen molar-refractivity contribution in [3.8, 4) is 0 Å². The van der Waals surface area contributed by atoms with Gasteiger partial charge >= 0.3 is 0 Å². The van der Waals surface area contributed by atoms with Crippen LogP contribution in [-0.4, -0.2) is 6.04 Å². The van der Waals surface area contributed by atoms with Gasteiger partial charge in [0.2, 0.25) is 0 Å². The quantitative estimate of drug-likeness (QED) is 0.751. The minimum Gasteiger partial charge on any atom is -0.380 e. The van der Waals surface area contributed by atoms with Gasteiger partial charge in [0, 0.05) is 6.04 Å². The van der Waals surface area contributed by atoms with Gasteiger partial charge in [-0.3, -0.25) is 0 Å². The molecule has 1 N–H and O–H groups in total. The van der Waals surface area contributed by atoms with Crippen molar-refractivity contribution in [1.29, 1.82) is 0 Å². The number of halogens is 2. The lowest BCUT2D eigenvalue weighted by Gasteiger charge is -2.22. The average Bonchev–Trinajstić information content (AvgIpc) is 2.47. The van der Waals surface area contributed by atoms with Crippen LogP contribution >= 0.6 is 0 Å². The molecule has 1 aliphatic rings. The molecule has 1 saturated carbocycles. The molecule has 1 nitrogen and oxygen atoms in total. The molecule has 1 aliphatic carbocycles. The van der Waals surface area contributed by atoms with Gasteiger partial charge < -0.3 is 5.32 Å². The normalized spacial score (nSPS) is 23.4. The third kappa shape index (κ3) is 3.21. The highest BCUT2D eigenvalue weighted by atomic mass is 19.2. The van der Waals surface area contributed by atoms with Gasteiger partial charge in [0.25, 0.3) is 0 Å². The summed E-state index contributed by atoms with van der Waals surface area (Å²) in [5.41, 5.74) is 0.663. The zero-order chi connectivity index (χ0) is 13.2. The van der Waals surface area contributed by atoms with E-state index in [2.05, 4.69) is 19.2 Å². The third-order valence-electron chi connectivity index (χ3n) is 3.89. The molecule has 18 heavy (non-hydrogen) atoms. The Bertz CT molecular complexity index is 415. The van der Waals surface area contributed by atoms with Gasteiger partial charge in [-0.15, -0.1) is 0 Å². The summed E-state index contributed by atoms with van der Waals surface area (Å²) in [6.07, 6.45) is 5.52. The second-order valence-corrected chi connectivity index (χ2v) is 6.04. The highest BCUT2D eigenvalue weighted by molar-refractivity contribution is 5.45. The van der Waals surface area contributed by atoms with Crippen molar-refractivity contribution in [2.24, 2.45) is 5.41 Å². The SMILES string of the molecule is CC1(C)CCCC(Nc2cccc(F)c2F)CC1. The predicted molar refractivity (Wildman–Crippen MR) is 70.6 cm³/mol. The van der Waals surface area contributed by atoms with Crippen molar-refractivity contribution in [3.63, 3.8) is 0 Å². The molecule has 1 aromatic carbocycles. The van der Waals surface area contributed by atoms with Gasteiger partial charge in [-0.25, -0.2) is 8.78 Å². The van der Waals surface area contributed by atoms with Gasteiger partial charge in [0.15, 0.2) is 11.6 Å². The summed E-state index contributed by atoms with van der Waals surface area (Å²) in [4.78, 5) is 0. The number of hydrogen-bond donors (Lipinski definition) is 1. The molecule has 0 radical (unpaired) electrons. The summed E-state index contributed by atoms with van der Waals surface area (Å²) < 4.78 is 26.7. The molecule has 0 spiro atoms. The Morgan fingerprint density at radius 1 is 1.17 bits per heavy atom. The molecule has 0 amide bonds. The molecular weight excluding hydrogens is 232 g/mol. The molecular formula is C15H21F2N. The molecule has 2 rings (SSSR count). The van der Waals surface area contributed by atoms with Gasteiger partial charge in [0.1, 0.15) is 0 Å². The van der Waals surface area contributed by atoms with Crippen molar-refractivity contribution in [3.05, 3.63) is 29.8 Å². The molecule has 0 heterocycles. The smallest absolute Gasteiger partial charge is 0.181 e. The lowest BCUT2D eigenvalue weighted by atomic mass is 9.85. The molecule has 1 atom stereocenters. The Balaban J connectivity index is 2.03. The third-order valence-corrected chi connectivity index (χ3v) is 3.89. The Labute approximate surface area is 108 Å². The van der Waals surface area contributed by atoms with Crippen LogP contribution in [0.5, 0.6) is 0 Å². The summed E-state index contributed by atoms with van der Waals surface area (Å²) in [6.45, 7) is 4.55. The minimum absolute atomic E-state index is 0.253. The molecule has 0 aliphatic heterocycles. The van der Waals surface area contributed by atoms with Gasteiger partial charge in [0.05, 0.1) is 5.69 Å². The van der Waals surface area contributed by atoms with E-state index in [1.54, 1.807) is 12.1 Å². The zero-order valence-electron chi connectivity index (χ0n) is 11.1. The van der Waals surface area contributed by atoms with E-state index in [4.69, 9.17) is 0 Å². The number of hydrogen-bond acceptors (Lipinski definition) is 1. The molecule has 1 fully saturated rings. The topological polar surface area (TPSA) is 12.0 Å². The standard InChI is InChI=1S/C15H21F2N/c1-15(2)9-4-5-11(8-10-15)18-13-7-3-6-12(16)14(13)17/h3,6-7,11,18H,4-5,8-10H2,1-2H3. The molecule has 0 aromatic heterocycles. The number of anilines is 1. The zero-order valence-corrected chi connectivity index (χ0v) is 11.1. The van der Waals surface area contributed by atoms with Crippen LogP contribution in [0.15, 0.2) is 18.2 Å². The lowest BCUT2D eigenvalue weighted by Crippen LogP contribution is -2.20. The van der Waals surface area contributed by atoms with Crippen molar-refractivity contribution >= 4 is 5.69 Å². The fraction of sp³-hybridized carbons (Fsp3) is 0.600. The summed E-state index contributed by atoms with van der Waals surface area (Å²) in [6, 6.07) is 4.55. The monoisotopic (exact) mass is 253 g/mol. The summed E-state index contributed by atoms with van der Waals surface area (Å²) in [5, 5.41) is 3.15. The van der Waals surface area contributed by atoms with E-state index in [0.717, 1.165) is 31.7 Å². The molecule has 0 bridgehead atoms. The predicted octanol–water partition coefficient (Wildman–Crippen LogP) is 4.74. The van der Waals surface area contributed by atoms with E-state index in [9.17, 15) is 8.78 Å². The van der Waals surface area contributed by atoms with Crippen molar-refractivity contribution in [1.82, 2.24) is 0 Å². The molecule has 1 aromatic rings. The highest BCUT2D eigenvalue weighted by Crippen LogP contribution is 2.34. The van der Waals surface area contributed by atoms with Crippen LogP contribution in [0, 0.1) is 17.0 Å². The van der Waals surface area contributed by atoms with Crippen molar-refractivity contribution in [2.45, 2.75) is 52.0 Å². The number of rotatable bonds is 2. The van der Waals surface area contributed by atoms with Crippen LogP contribution in [-0.2, 0) is 0 Å². The maximum Gasteiger partial charge on any atom is 0.181 e. The second-order valence-electron chi connectivity index (χ2n) is 6.04. The molecule has 1 unspecified atom stereocenters. The van der Waals surface area contributed by atoms with E-state index in [1.807, 2.05) is 0 Å². The fourth-order valence-corrected chi connectivity index (χ4v) is 2.64. The van der Waals surface area contributed by atoms with Gasteiger partial charge in [-0.05, 0) is 43.2 Å². The van der Waals surface area contributed by atoms with Crippen LogP contribution in [0.4, 0.5) is 14.5 Å². The van der Waals surface area contributed by atoms with Crippen LogP contribution in [0.3, 0.4) is 0 Å². The molecule has 0 saturated heterocycles. The summed E-state index contributed by atoms with van der Waals surface area (Å²) >= 11 is 0. The molecule has 3 heteroatoms. The first-order valence-electron chi connectivity index (χ1n) is 6.68. The average molecular weight is 253 g/mol. The fourth-order valence-electron chi connectivity index (χ4n) is 2.64. The Hall–Kier alpha value is -1.12. The van der Waals surface area contributed by atoms with Crippen LogP contribution < -0.4 is 5.32 Å². The largest absolute Gasteiger partial charge is 0.380 e. The van der Waals surface area contributed by atoms with E-state index in [-0.39, 0.29) is 6.04 Å². The second kappa shape index (κ2) is 5.25. The maximum absolute atomic E-state index is 13.6. The lowest BCUT2D eigenvalue weighted by molar-refractivity contribution is 0.313. The minimum atomic E-state index is -0.783. The first-order valence-corrected chi connectivity index (χ1v) is 6.68. The van der Waals surface area contributed by atoms with E-state index < -0.39 is 11.6 Å². The van der Waals surface area contributed by atoms with Crippen molar-refractivity contribution < 1.29 is 8.78 Å². The van der Waals surface area contributed by atoms with E-state index in [1.165, 1.54) is 6.42 Å².